The van der Waals surface area contributed by atoms with Gasteiger partial charge in [0.2, 0.25) is 0 Å². The fourth-order valence-corrected chi connectivity index (χ4v) is 7.91. The fourth-order valence-electron chi connectivity index (χ4n) is 2.93. The average molecular weight is 374 g/mol. The Morgan fingerprint density at radius 2 is 1.32 bits per heavy atom. The number of hydrogen-bond acceptors (Lipinski definition) is 0. The molecule has 0 aliphatic carbocycles. The molecule has 0 fully saturated rings. The first kappa shape index (κ1) is 10.6. The van der Waals surface area contributed by atoms with Crippen molar-refractivity contribution in [3.8, 4) is 0 Å². The number of fused-ring (bicyclic) bond motifs is 4. The Morgan fingerprint density at radius 1 is 0.737 bits per heavy atom. The molecule has 0 bridgehead atoms. The SMILES string of the molecule is c1cc2c3c(c1)[Se]c1cccn1B3n1cccc1[Se]2. The summed E-state index contributed by atoms with van der Waals surface area (Å²) in [7, 11) is 0. The van der Waals surface area contributed by atoms with Gasteiger partial charge in [-0.15, -0.1) is 0 Å². The van der Waals surface area contributed by atoms with Gasteiger partial charge in [-0.25, -0.2) is 0 Å². The Morgan fingerprint density at radius 3 is 1.89 bits per heavy atom. The maximum atomic E-state index is 2.46. The van der Waals surface area contributed by atoms with Crippen molar-refractivity contribution in [1.82, 2.24) is 8.96 Å². The van der Waals surface area contributed by atoms with Gasteiger partial charge in [0, 0.05) is 0 Å². The third-order valence-electron chi connectivity index (χ3n) is 3.72. The molecular weight excluding hydrogens is 365 g/mol. The van der Waals surface area contributed by atoms with Crippen LogP contribution >= 0.6 is 0 Å². The van der Waals surface area contributed by atoms with Gasteiger partial charge >= 0.3 is 124 Å². The summed E-state index contributed by atoms with van der Waals surface area (Å²) in [6.07, 6.45) is 4.48. The number of hydrogen-bond donors (Lipinski definition) is 0. The first-order valence-electron chi connectivity index (χ1n) is 6.24. The van der Waals surface area contributed by atoms with Gasteiger partial charge in [0.05, 0.1) is 0 Å². The van der Waals surface area contributed by atoms with Gasteiger partial charge in [0.15, 0.2) is 0 Å². The van der Waals surface area contributed by atoms with E-state index in [9.17, 15) is 0 Å². The molecule has 4 heterocycles. The summed E-state index contributed by atoms with van der Waals surface area (Å²) in [5.41, 5.74) is 1.58. The van der Waals surface area contributed by atoms with Crippen LogP contribution in [0.15, 0.2) is 54.9 Å². The van der Waals surface area contributed by atoms with Crippen molar-refractivity contribution < 1.29 is 0 Å². The fraction of sp³-hybridized carbons (Fsp3) is 0. The third kappa shape index (κ3) is 1.34. The monoisotopic (exact) mass is 376 g/mol. The molecule has 0 saturated carbocycles. The van der Waals surface area contributed by atoms with Crippen molar-refractivity contribution in [2.24, 2.45) is 0 Å². The molecule has 90 valence electrons. The zero-order chi connectivity index (χ0) is 12.4. The van der Waals surface area contributed by atoms with Gasteiger partial charge in [-0.05, 0) is 0 Å². The Hall–Kier alpha value is -1.12. The van der Waals surface area contributed by atoms with Crippen molar-refractivity contribution in [2.45, 2.75) is 0 Å². The molecule has 2 aromatic heterocycles. The van der Waals surface area contributed by atoms with Gasteiger partial charge in [-0.3, -0.25) is 0 Å². The van der Waals surface area contributed by atoms with E-state index in [2.05, 4.69) is 63.8 Å². The van der Waals surface area contributed by atoms with Crippen LogP contribution < -0.4 is 23.6 Å². The predicted octanol–water partition coefficient (Wildman–Crippen LogP) is -1.98. The molecular formula is C14H9BN2Se2. The molecule has 0 radical (unpaired) electrons. The van der Waals surface area contributed by atoms with Crippen molar-refractivity contribution >= 4 is 60.5 Å². The van der Waals surface area contributed by atoms with Gasteiger partial charge in [0.1, 0.15) is 0 Å². The standard InChI is InChI=1S/C14H9BN2Se2/c1-4-10-14-11(5-1)19-13-7-3-9-17(13)15(14)16-8-2-6-12(16)18-10/h1-9H. The minimum absolute atomic E-state index is 0.354. The normalized spacial score (nSPS) is 14.8. The summed E-state index contributed by atoms with van der Waals surface area (Å²) >= 11 is 0.901. The molecule has 0 atom stereocenters. The Balaban J connectivity index is 1.89. The van der Waals surface area contributed by atoms with Gasteiger partial charge in [0.25, 0.3) is 0 Å². The Bertz CT molecular complexity index is 743. The first-order valence-corrected chi connectivity index (χ1v) is 9.67. The molecule has 2 nitrogen and oxygen atoms in total. The summed E-state index contributed by atoms with van der Waals surface area (Å²) in [6, 6.07) is 15.8. The van der Waals surface area contributed by atoms with Crippen LogP contribution in [-0.4, -0.2) is 45.9 Å². The molecule has 2 aliphatic heterocycles. The van der Waals surface area contributed by atoms with Crippen LogP contribution in [0.3, 0.4) is 0 Å². The van der Waals surface area contributed by atoms with Crippen LogP contribution in [0, 0.1) is 0 Å². The van der Waals surface area contributed by atoms with E-state index < -0.39 is 0 Å². The van der Waals surface area contributed by atoms with E-state index in [0.29, 0.717) is 36.9 Å². The molecule has 0 spiro atoms. The van der Waals surface area contributed by atoms with E-state index in [1.54, 1.807) is 14.4 Å². The van der Waals surface area contributed by atoms with Crippen molar-refractivity contribution in [3.63, 3.8) is 0 Å². The van der Waals surface area contributed by atoms with Crippen LogP contribution in [0.5, 0.6) is 0 Å². The van der Waals surface area contributed by atoms with Crippen molar-refractivity contribution in [3.05, 3.63) is 54.9 Å². The molecule has 0 N–H and O–H groups in total. The van der Waals surface area contributed by atoms with E-state index in [1.807, 2.05) is 0 Å². The van der Waals surface area contributed by atoms with E-state index in [0.717, 1.165) is 0 Å². The Labute approximate surface area is 124 Å². The predicted molar refractivity (Wildman–Crippen MR) is 81.5 cm³/mol. The second kappa shape index (κ2) is 3.71. The topological polar surface area (TPSA) is 9.86 Å². The van der Waals surface area contributed by atoms with Crippen LogP contribution in [0.2, 0.25) is 0 Å². The number of aromatic nitrogens is 2. The minimum atomic E-state index is 0.354. The van der Waals surface area contributed by atoms with Gasteiger partial charge < -0.3 is 0 Å². The summed E-state index contributed by atoms with van der Waals surface area (Å²) in [6.45, 7) is 0.354. The summed E-state index contributed by atoms with van der Waals surface area (Å²) in [4.78, 5) is 0. The maximum absolute atomic E-state index is 2.46. The second-order valence-electron chi connectivity index (χ2n) is 4.75. The van der Waals surface area contributed by atoms with Crippen LogP contribution in [0.25, 0.3) is 0 Å². The number of benzene rings is 1. The number of rotatable bonds is 0. The molecule has 19 heavy (non-hydrogen) atoms. The molecule has 1 aromatic carbocycles. The molecule has 5 heteroatoms. The van der Waals surface area contributed by atoms with Crippen LogP contribution in [0.4, 0.5) is 0 Å². The summed E-state index contributed by atoms with van der Waals surface area (Å²) in [5, 5.41) is 0. The zero-order valence-electron chi connectivity index (χ0n) is 9.98. The van der Waals surface area contributed by atoms with E-state index in [4.69, 9.17) is 0 Å². The molecule has 0 saturated heterocycles. The molecule has 5 rings (SSSR count). The number of nitrogens with zero attached hydrogens (tertiary/aromatic N) is 2. The molecule has 0 amide bonds. The van der Waals surface area contributed by atoms with Crippen LogP contribution in [-0.2, 0) is 0 Å². The van der Waals surface area contributed by atoms with Crippen molar-refractivity contribution in [1.29, 1.82) is 0 Å². The second-order valence-corrected chi connectivity index (χ2v) is 9.21. The first-order chi connectivity index (χ1) is 9.42. The quantitative estimate of drug-likeness (QED) is 0.278. The molecule has 3 aromatic rings. The third-order valence-corrected chi connectivity index (χ3v) is 8.47. The summed E-state index contributed by atoms with van der Waals surface area (Å²) < 4.78 is 11.0. The van der Waals surface area contributed by atoms with Gasteiger partial charge in [-0.1, -0.05) is 0 Å². The van der Waals surface area contributed by atoms with Crippen molar-refractivity contribution in [2.75, 3.05) is 0 Å². The van der Waals surface area contributed by atoms with E-state index in [1.165, 1.54) is 9.18 Å². The average Bonchev–Trinajstić information content (AvgIpc) is 3.05. The van der Waals surface area contributed by atoms with E-state index >= 15 is 0 Å². The Kier molecular flexibility index (Phi) is 2.08. The zero-order valence-corrected chi connectivity index (χ0v) is 13.4. The van der Waals surface area contributed by atoms with Gasteiger partial charge in [-0.2, -0.15) is 0 Å². The van der Waals surface area contributed by atoms with Crippen LogP contribution in [0.1, 0.15) is 0 Å². The molecule has 2 aliphatic rings. The van der Waals surface area contributed by atoms with E-state index in [-0.39, 0.29) is 0 Å². The summed E-state index contributed by atoms with van der Waals surface area (Å²) in [5.74, 6) is 0. The molecule has 0 unspecified atom stereocenters.